The van der Waals surface area contributed by atoms with Crippen LogP contribution in [0, 0.1) is 0 Å². The van der Waals surface area contributed by atoms with Gasteiger partial charge in [0.1, 0.15) is 0 Å². The molecule has 0 aliphatic rings. The summed E-state index contributed by atoms with van der Waals surface area (Å²) in [5, 5.41) is 20.0. The van der Waals surface area contributed by atoms with Crippen LogP contribution in [-0.2, 0) is 16.1 Å². The molecule has 0 saturated carbocycles. The first kappa shape index (κ1) is 19.5. The molecule has 3 N–H and O–H groups in total. The first-order chi connectivity index (χ1) is 11.3. The van der Waals surface area contributed by atoms with Crippen LogP contribution in [0.3, 0.4) is 0 Å². The second-order valence-electron chi connectivity index (χ2n) is 5.54. The maximum absolute atomic E-state index is 11.1. The van der Waals surface area contributed by atoms with Gasteiger partial charge >= 0.3 is 0 Å². The van der Waals surface area contributed by atoms with E-state index in [1.807, 2.05) is 42.3 Å². The van der Waals surface area contributed by atoms with E-state index in [9.17, 15) is 9.90 Å². The van der Waals surface area contributed by atoms with Gasteiger partial charge in [0.25, 0.3) is 6.47 Å². The quantitative estimate of drug-likeness (QED) is 0.720. The van der Waals surface area contributed by atoms with Crippen molar-refractivity contribution >= 4 is 29.0 Å². The average molecular weight is 333 g/mol. The highest BCUT2D eigenvalue weighted by molar-refractivity contribution is 5.92. The lowest BCUT2D eigenvalue weighted by Gasteiger charge is -2.18. The molecule has 0 saturated heterocycles. The molecule has 0 aliphatic carbocycles. The van der Waals surface area contributed by atoms with Crippen LogP contribution in [0.4, 0.5) is 5.69 Å². The van der Waals surface area contributed by atoms with Gasteiger partial charge in [-0.05, 0) is 38.2 Å². The van der Waals surface area contributed by atoms with Crippen molar-refractivity contribution in [2.24, 2.45) is 0 Å². The van der Waals surface area contributed by atoms with E-state index in [0.717, 1.165) is 22.3 Å². The maximum Gasteiger partial charge on any atom is 0.290 e. The van der Waals surface area contributed by atoms with Crippen molar-refractivity contribution in [3.63, 3.8) is 0 Å². The maximum atomic E-state index is 11.1. The van der Waals surface area contributed by atoms with E-state index in [-0.39, 0.29) is 18.5 Å². The highest BCUT2D eigenvalue weighted by Crippen LogP contribution is 2.18. The first-order valence-electron chi connectivity index (χ1n) is 7.47. The minimum absolute atomic E-state index is 0.0846. The van der Waals surface area contributed by atoms with E-state index in [0.29, 0.717) is 13.1 Å². The lowest BCUT2D eigenvalue weighted by molar-refractivity contribution is -0.123. The number of aliphatic hydroxyl groups is 1. The van der Waals surface area contributed by atoms with Gasteiger partial charge in [-0.15, -0.1) is 0 Å². The Morgan fingerprint density at radius 3 is 2.62 bits per heavy atom. The number of aliphatic hydroxyl groups excluding tert-OH is 1. The largest absolute Gasteiger partial charge is 0.483 e. The van der Waals surface area contributed by atoms with Gasteiger partial charge in [-0.1, -0.05) is 6.07 Å². The number of benzene rings is 1. The van der Waals surface area contributed by atoms with E-state index in [2.05, 4.69) is 10.3 Å². The second-order valence-corrected chi connectivity index (χ2v) is 5.54. The van der Waals surface area contributed by atoms with Gasteiger partial charge in [-0.3, -0.25) is 19.5 Å². The topological polar surface area (TPSA) is 103 Å². The zero-order chi connectivity index (χ0) is 18.1. The van der Waals surface area contributed by atoms with Crippen molar-refractivity contribution in [1.82, 2.24) is 9.88 Å². The molecule has 130 valence electrons. The molecule has 1 amide bonds. The van der Waals surface area contributed by atoms with Crippen molar-refractivity contribution in [2.75, 3.05) is 18.9 Å². The van der Waals surface area contributed by atoms with E-state index in [1.165, 1.54) is 6.92 Å². The molecule has 0 aliphatic heterocycles. The number of hydrogen-bond acceptors (Lipinski definition) is 5. The zero-order valence-electron chi connectivity index (χ0n) is 14.1. The number of amides is 1. The molecule has 1 aromatic carbocycles. The normalized spacial score (nSPS) is 11.5. The van der Waals surface area contributed by atoms with Gasteiger partial charge in [0.15, 0.2) is 0 Å². The molecule has 0 spiro atoms. The molecule has 1 atom stereocenters. The summed E-state index contributed by atoms with van der Waals surface area (Å²) in [6, 6.07) is 9.63. The number of anilines is 1. The van der Waals surface area contributed by atoms with Crippen LogP contribution >= 0.6 is 0 Å². The highest BCUT2D eigenvalue weighted by Gasteiger charge is 2.06. The van der Waals surface area contributed by atoms with Crippen molar-refractivity contribution < 1.29 is 19.8 Å². The van der Waals surface area contributed by atoms with E-state index < -0.39 is 0 Å². The smallest absolute Gasteiger partial charge is 0.290 e. The molecule has 1 heterocycles. The predicted molar refractivity (Wildman–Crippen MR) is 92.8 cm³/mol. The molecule has 2 aromatic rings. The molecule has 7 nitrogen and oxygen atoms in total. The third-order valence-corrected chi connectivity index (χ3v) is 3.08. The van der Waals surface area contributed by atoms with Crippen LogP contribution in [0.2, 0.25) is 0 Å². The second kappa shape index (κ2) is 9.59. The lowest BCUT2D eigenvalue weighted by Crippen LogP contribution is -2.27. The number of aromatic nitrogens is 1. The molecule has 0 radical (unpaired) electrons. The zero-order valence-corrected chi connectivity index (χ0v) is 14.1. The molecule has 2 rings (SSSR count). The van der Waals surface area contributed by atoms with Crippen molar-refractivity contribution in [3.8, 4) is 0 Å². The Morgan fingerprint density at radius 1 is 1.38 bits per heavy atom. The summed E-state index contributed by atoms with van der Waals surface area (Å²) >= 11 is 0. The van der Waals surface area contributed by atoms with Crippen LogP contribution in [0.25, 0.3) is 10.9 Å². The van der Waals surface area contributed by atoms with Gasteiger partial charge in [-0.25, -0.2) is 0 Å². The molecule has 1 unspecified atom stereocenters. The number of carbonyl (C=O) groups is 2. The Morgan fingerprint density at radius 2 is 2.04 bits per heavy atom. The minimum Gasteiger partial charge on any atom is -0.483 e. The predicted octanol–water partition coefficient (Wildman–Crippen LogP) is 1.71. The first-order valence-corrected chi connectivity index (χ1v) is 7.47. The molecule has 24 heavy (non-hydrogen) atoms. The molecule has 1 aromatic heterocycles. The summed E-state index contributed by atoms with van der Waals surface area (Å²) in [7, 11) is 1.96. The number of pyridine rings is 1. The van der Waals surface area contributed by atoms with E-state index in [4.69, 9.17) is 9.90 Å². The summed E-state index contributed by atoms with van der Waals surface area (Å²) in [4.78, 5) is 26.1. The van der Waals surface area contributed by atoms with Crippen molar-refractivity contribution in [2.45, 2.75) is 26.5 Å². The van der Waals surface area contributed by atoms with Crippen LogP contribution in [0.5, 0.6) is 0 Å². The summed E-state index contributed by atoms with van der Waals surface area (Å²) in [5.74, 6) is -0.0846. The molecular weight excluding hydrogens is 310 g/mol. The third-order valence-electron chi connectivity index (χ3n) is 3.08. The molecule has 0 bridgehead atoms. The van der Waals surface area contributed by atoms with Crippen LogP contribution in [0.15, 0.2) is 30.3 Å². The number of hydrogen-bond donors (Lipinski definition) is 3. The number of fused-ring (bicyclic) bond motifs is 1. The summed E-state index contributed by atoms with van der Waals surface area (Å²) in [6.45, 7) is 4.31. The van der Waals surface area contributed by atoms with Gasteiger partial charge in [-0.2, -0.15) is 0 Å². The van der Waals surface area contributed by atoms with Gasteiger partial charge in [0.05, 0.1) is 17.3 Å². The fourth-order valence-electron chi connectivity index (χ4n) is 2.33. The minimum atomic E-state index is -0.351. The lowest BCUT2D eigenvalue weighted by atomic mass is 10.1. The van der Waals surface area contributed by atoms with E-state index in [1.54, 1.807) is 6.92 Å². The Labute approximate surface area is 140 Å². The van der Waals surface area contributed by atoms with Crippen LogP contribution < -0.4 is 5.32 Å². The molecule has 0 fully saturated rings. The number of nitrogens with one attached hydrogen (secondary N) is 1. The molecule has 7 heteroatoms. The van der Waals surface area contributed by atoms with Crippen LogP contribution in [-0.4, -0.2) is 52.2 Å². The Kier molecular flexibility index (Phi) is 7.81. The van der Waals surface area contributed by atoms with Crippen molar-refractivity contribution in [1.29, 1.82) is 0 Å². The summed E-state index contributed by atoms with van der Waals surface area (Å²) in [5.41, 5.74) is 2.63. The number of nitrogens with zero attached hydrogens (tertiary/aromatic N) is 2. The van der Waals surface area contributed by atoms with Gasteiger partial charge in [0, 0.05) is 31.1 Å². The fraction of sp³-hybridized carbons (Fsp3) is 0.353. The highest BCUT2D eigenvalue weighted by atomic mass is 16.3. The number of rotatable bonds is 5. The number of carboxylic acid groups (broad SMARTS) is 1. The van der Waals surface area contributed by atoms with Crippen molar-refractivity contribution in [3.05, 3.63) is 36.0 Å². The molecular formula is C17H23N3O4. The van der Waals surface area contributed by atoms with Gasteiger partial charge in [0.2, 0.25) is 5.91 Å². The number of likely N-dealkylation sites (N-methyl/N-ethyl adjacent to an activating group) is 1. The monoisotopic (exact) mass is 333 g/mol. The summed E-state index contributed by atoms with van der Waals surface area (Å²) in [6.07, 6.45) is -0.351. The Bertz CT molecular complexity index is 689. The summed E-state index contributed by atoms with van der Waals surface area (Å²) < 4.78 is 0. The Hall–Kier alpha value is -2.51. The SMILES string of the molecule is CC(=O)Nc1ccc2nc(CN(C)CC(C)O)ccc2c1.O=CO. The van der Waals surface area contributed by atoms with Crippen LogP contribution in [0.1, 0.15) is 19.5 Å². The van der Waals surface area contributed by atoms with Gasteiger partial charge < -0.3 is 15.5 Å². The Balaban J connectivity index is 0.000000891. The standard InChI is InChI=1S/C16H21N3O2.CH2O2/c1-11(20)9-19(3)10-15-5-4-13-8-14(17-12(2)21)6-7-16(13)18-15;2-1-3/h4-8,11,20H,9-10H2,1-3H3,(H,17,21);1H,(H,2,3). The fourth-order valence-corrected chi connectivity index (χ4v) is 2.33. The average Bonchev–Trinajstić information content (AvgIpc) is 2.46. The third kappa shape index (κ3) is 6.72. The van der Waals surface area contributed by atoms with E-state index >= 15 is 0 Å². The number of carbonyl (C=O) groups excluding carboxylic acids is 1.